The zero-order valence-corrected chi connectivity index (χ0v) is 17.5. The maximum absolute atomic E-state index is 13.3. The van der Waals surface area contributed by atoms with E-state index >= 15 is 0 Å². The molecule has 0 saturated carbocycles. The van der Waals surface area contributed by atoms with Gasteiger partial charge >= 0.3 is 0 Å². The van der Waals surface area contributed by atoms with E-state index in [4.69, 9.17) is 4.74 Å². The van der Waals surface area contributed by atoms with Crippen molar-refractivity contribution in [3.05, 3.63) is 60.3 Å². The summed E-state index contributed by atoms with van der Waals surface area (Å²) < 4.78 is 33.4. The molecule has 0 spiro atoms. The van der Waals surface area contributed by atoms with Crippen LogP contribution in [0.5, 0.6) is 5.75 Å². The Bertz CT molecular complexity index is 1140. The molecule has 0 radical (unpaired) electrons. The molecule has 1 saturated heterocycles. The number of benzene rings is 1. The predicted octanol–water partition coefficient (Wildman–Crippen LogP) is 2.85. The molecular formula is C20H22N6O3S. The molecule has 9 nitrogen and oxygen atoms in total. The first-order valence-corrected chi connectivity index (χ1v) is 11.0. The van der Waals surface area contributed by atoms with Crippen LogP contribution in [0.1, 0.15) is 30.1 Å². The summed E-state index contributed by atoms with van der Waals surface area (Å²) in [5.41, 5.74) is 1.35. The second-order valence-corrected chi connectivity index (χ2v) is 8.82. The van der Waals surface area contributed by atoms with Crippen LogP contribution >= 0.6 is 0 Å². The van der Waals surface area contributed by atoms with E-state index in [9.17, 15) is 8.42 Å². The molecular weight excluding hydrogens is 404 g/mol. The lowest BCUT2D eigenvalue weighted by atomic mass is 10.2. The minimum atomic E-state index is -3.69. The lowest BCUT2D eigenvalue weighted by Crippen LogP contribution is -2.31. The van der Waals surface area contributed by atoms with E-state index in [0.29, 0.717) is 36.2 Å². The zero-order valence-electron chi connectivity index (χ0n) is 16.7. The Hall–Kier alpha value is -3.11. The molecule has 4 rings (SSSR count). The van der Waals surface area contributed by atoms with Crippen molar-refractivity contribution in [2.45, 2.75) is 30.7 Å². The van der Waals surface area contributed by atoms with Crippen molar-refractivity contribution >= 4 is 21.8 Å². The van der Waals surface area contributed by atoms with E-state index < -0.39 is 10.0 Å². The van der Waals surface area contributed by atoms with Crippen molar-refractivity contribution in [2.24, 2.45) is 0 Å². The Kier molecular flexibility index (Phi) is 5.60. The standard InChI is InChI=1S/C20H22N6O3S/c1-14-11-15(6-7-18(14)29-2)30(27,28)26-10-3-5-17(26)16-12-21-13-19(24-16)25-20-22-8-4-9-23-20/h4,6-9,11-13,17H,3,5,10H2,1-2H3,(H,22,23,24,25). The molecule has 1 N–H and O–H groups in total. The fourth-order valence-corrected chi connectivity index (χ4v) is 5.30. The van der Waals surface area contributed by atoms with Gasteiger partial charge in [0.15, 0.2) is 5.82 Å². The number of rotatable bonds is 6. The van der Waals surface area contributed by atoms with Crippen LogP contribution in [-0.2, 0) is 10.0 Å². The highest BCUT2D eigenvalue weighted by atomic mass is 32.2. The molecule has 3 heterocycles. The van der Waals surface area contributed by atoms with E-state index in [-0.39, 0.29) is 10.9 Å². The van der Waals surface area contributed by atoms with Crippen LogP contribution in [0, 0.1) is 6.92 Å². The normalized spacial score (nSPS) is 17.1. The topological polar surface area (TPSA) is 110 Å². The van der Waals surface area contributed by atoms with Crippen molar-refractivity contribution in [2.75, 3.05) is 19.0 Å². The van der Waals surface area contributed by atoms with Crippen LogP contribution in [-0.4, -0.2) is 46.3 Å². The second kappa shape index (κ2) is 8.33. The first-order chi connectivity index (χ1) is 14.5. The average molecular weight is 427 g/mol. The summed E-state index contributed by atoms with van der Waals surface area (Å²) in [6, 6.07) is 6.23. The number of methoxy groups -OCH3 is 1. The van der Waals surface area contributed by atoms with Gasteiger partial charge in [0.1, 0.15) is 5.75 Å². The fourth-order valence-electron chi connectivity index (χ4n) is 3.55. The Labute approximate surface area is 175 Å². The Morgan fingerprint density at radius 3 is 2.73 bits per heavy atom. The molecule has 1 fully saturated rings. The summed E-state index contributed by atoms with van der Waals surface area (Å²) in [5.74, 6) is 1.51. The molecule has 2 aromatic heterocycles. The summed E-state index contributed by atoms with van der Waals surface area (Å²) in [7, 11) is -2.13. The van der Waals surface area contributed by atoms with Crippen molar-refractivity contribution in [1.82, 2.24) is 24.2 Å². The molecule has 1 atom stereocenters. The Morgan fingerprint density at radius 1 is 1.20 bits per heavy atom. The van der Waals surface area contributed by atoms with Gasteiger partial charge in [-0.1, -0.05) is 0 Å². The number of sulfonamides is 1. The maximum atomic E-state index is 13.3. The van der Waals surface area contributed by atoms with Crippen molar-refractivity contribution in [3.8, 4) is 5.75 Å². The molecule has 1 aromatic carbocycles. The summed E-state index contributed by atoms with van der Waals surface area (Å²) in [6.45, 7) is 2.25. The van der Waals surface area contributed by atoms with Gasteiger partial charge in [-0.15, -0.1) is 0 Å². The number of hydrogen-bond acceptors (Lipinski definition) is 8. The van der Waals surface area contributed by atoms with Gasteiger partial charge in [-0.25, -0.2) is 23.4 Å². The van der Waals surface area contributed by atoms with Gasteiger partial charge in [0.25, 0.3) is 0 Å². The molecule has 0 bridgehead atoms. The Morgan fingerprint density at radius 2 is 2.00 bits per heavy atom. The van der Waals surface area contributed by atoms with E-state index in [0.717, 1.165) is 12.0 Å². The number of anilines is 2. The molecule has 0 aliphatic carbocycles. The van der Waals surface area contributed by atoms with Crippen LogP contribution < -0.4 is 10.1 Å². The van der Waals surface area contributed by atoms with E-state index in [1.165, 1.54) is 4.31 Å². The van der Waals surface area contributed by atoms with Gasteiger partial charge in [0.2, 0.25) is 16.0 Å². The van der Waals surface area contributed by atoms with E-state index in [1.54, 1.807) is 56.2 Å². The molecule has 156 valence electrons. The number of hydrogen-bond donors (Lipinski definition) is 1. The molecule has 1 unspecified atom stereocenters. The predicted molar refractivity (Wildman–Crippen MR) is 111 cm³/mol. The van der Waals surface area contributed by atoms with Crippen molar-refractivity contribution < 1.29 is 13.2 Å². The fraction of sp³-hybridized carbons (Fsp3) is 0.300. The number of aromatic nitrogens is 4. The molecule has 30 heavy (non-hydrogen) atoms. The van der Waals surface area contributed by atoms with Crippen LogP contribution in [0.15, 0.2) is 53.9 Å². The quantitative estimate of drug-likeness (QED) is 0.641. The van der Waals surface area contributed by atoms with Gasteiger partial charge < -0.3 is 10.1 Å². The highest BCUT2D eigenvalue weighted by molar-refractivity contribution is 7.89. The SMILES string of the molecule is COc1ccc(S(=O)(=O)N2CCCC2c2cncc(Nc3ncccn3)n2)cc1C. The summed E-state index contributed by atoms with van der Waals surface area (Å²) in [4.78, 5) is 17.3. The second-order valence-electron chi connectivity index (χ2n) is 6.93. The van der Waals surface area contributed by atoms with Crippen LogP contribution in [0.25, 0.3) is 0 Å². The first-order valence-electron chi connectivity index (χ1n) is 9.51. The van der Waals surface area contributed by atoms with Crippen molar-refractivity contribution in [1.29, 1.82) is 0 Å². The van der Waals surface area contributed by atoms with Crippen LogP contribution in [0.4, 0.5) is 11.8 Å². The lowest BCUT2D eigenvalue weighted by molar-refractivity contribution is 0.389. The average Bonchev–Trinajstić information content (AvgIpc) is 3.25. The summed E-state index contributed by atoms with van der Waals surface area (Å²) in [5, 5.41) is 3.00. The number of nitrogens with one attached hydrogen (secondary N) is 1. The molecule has 1 aliphatic rings. The van der Waals surface area contributed by atoms with Crippen molar-refractivity contribution in [3.63, 3.8) is 0 Å². The number of ether oxygens (including phenoxy) is 1. The minimum absolute atomic E-state index is 0.243. The van der Waals surface area contributed by atoms with Gasteiger partial charge in [0.05, 0.1) is 36.1 Å². The van der Waals surface area contributed by atoms with Gasteiger partial charge in [-0.3, -0.25) is 4.98 Å². The monoisotopic (exact) mass is 426 g/mol. The van der Waals surface area contributed by atoms with Crippen LogP contribution in [0.3, 0.4) is 0 Å². The number of aryl methyl sites for hydroxylation is 1. The third-order valence-corrected chi connectivity index (χ3v) is 6.88. The maximum Gasteiger partial charge on any atom is 0.243 e. The highest BCUT2D eigenvalue weighted by Crippen LogP contribution is 2.36. The van der Waals surface area contributed by atoms with Gasteiger partial charge in [0, 0.05) is 18.9 Å². The van der Waals surface area contributed by atoms with Gasteiger partial charge in [-0.2, -0.15) is 4.31 Å². The largest absolute Gasteiger partial charge is 0.496 e. The highest BCUT2D eigenvalue weighted by Gasteiger charge is 2.37. The first kappa shape index (κ1) is 20.2. The van der Waals surface area contributed by atoms with E-state index in [2.05, 4.69) is 25.3 Å². The molecule has 0 amide bonds. The third-order valence-electron chi connectivity index (χ3n) is 4.98. The molecule has 1 aliphatic heterocycles. The zero-order chi connectivity index (χ0) is 21.1. The van der Waals surface area contributed by atoms with Gasteiger partial charge in [-0.05, 0) is 49.6 Å². The Balaban J connectivity index is 1.62. The minimum Gasteiger partial charge on any atom is -0.496 e. The third kappa shape index (κ3) is 3.96. The lowest BCUT2D eigenvalue weighted by Gasteiger charge is -2.24. The molecule has 3 aromatic rings. The number of nitrogens with zero attached hydrogens (tertiary/aromatic N) is 5. The molecule has 10 heteroatoms. The smallest absolute Gasteiger partial charge is 0.243 e. The van der Waals surface area contributed by atoms with Crippen LogP contribution in [0.2, 0.25) is 0 Å². The van der Waals surface area contributed by atoms with E-state index in [1.807, 2.05) is 6.92 Å². The summed E-state index contributed by atoms with van der Waals surface area (Å²) >= 11 is 0. The summed E-state index contributed by atoms with van der Waals surface area (Å²) in [6.07, 6.45) is 7.83.